The maximum absolute atomic E-state index is 11.3. The number of benzene rings is 3. The molecule has 182 valence electrons. The number of rotatable bonds is 6. The van der Waals surface area contributed by atoms with E-state index in [0.29, 0.717) is 17.4 Å². The monoisotopic (exact) mass is 485 g/mol. The number of phenolic OH excluding ortho intramolecular Hbond substituents is 1. The van der Waals surface area contributed by atoms with E-state index in [-0.39, 0.29) is 0 Å². The first-order valence-electron chi connectivity index (χ1n) is 12.6. The van der Waals surface area contributed by atoms with Gasteiger partial charge < -0.3 is 9.84 Å². The molecule has 6 aromatic rings. The summed E-state index contributed by atoms with van der Waals surface area (Å²) >= 11 is 0. The van der Waals surface area contributed by atoms with Gasteiger partial charge in [-0.25, -0.2) is 9.97 Å². The number of hydrogen-bond donors (Lipinski definition) is 1. The Morgan fingerprint density at radius 2 is 1.68 bits per heavy atom. The summed E-state index contributed by atoms with van der Waals surface area (Å²) in [6.45, 7) is 4.21. The second-order valence-corrected chi connectivity index (χ2v) is 9.05. The third-order valence-corrected chi connectivity index (χ3v) is 6.77. The van der Waals surface area contributed by atoms with Crippen LogP contribution in [0.4, 0.5) is 0 Å². The van der Waals surface area contributed by atoms with Crippen molar-refractivity contribution in [1.29, 1.82) is 0 Å². The van der Waals surface area contributed by atoms with E-state index in [4.69, 9.17) is 9.72 Å². The van der Waals surface area contributed by atoms with E-state index in [1.165, 1.54) is 5.56 Å². The number of aromatic nitrogens is 3. The molecule has 0 amide bonds. The molecule has 0 aliphatic rings. The first kappa shape index (κ1) is 22.8. The van der Waals surface area contributed by atoms with Gasteiger partial charge in [0.25, 0.3) is 0 Å². The van der Waals surface area contributed by atoms with Gasteiger partial charge in [-0.2, -0.15) is 0 Å². The second kappa shape index (κ2) is 9.43. The first-order chi connectivity index (χ1) is 18.2. The van der Waals surface area contributed by atoms with E-state index in [2.05, 4.69) is 53.7 Å². The van der Waals surface area contributed by atoms with Gasteiger partial charge >= 0.3 is 0 Å². The van der Waals surface area contributed by atoms with Gasteiger partial charge in [-0.05, 0) is 66.4 Å². The van der Waals surface area contributed by atoms with Crippen LogP contribution in [0.3, 0.4) is 0 Å². The van der Waals surface area contributed by atoms with Crippen LogP contribution >= 0.6 is 0 Å². The van der Waals surface area contributed by atoms with Gasteiger partial charge in [-0.15, -0.1) is 0 Å². The molecule has 3 heterocycles. The molecule has 0 radical (unpaired) electrons. The number of hydrogen-bond acceptors (Lipinski definition) is 4. The van der Waals surface area contributed by atoms with Crippen LogP contribution in [0.2, 0.25) is 0 Å². The topological polar surface area (TPSA) is 60.2 Å². The molecule has 5 nitrogen and oxygen atoms in total. The van der Waals surface area contributed by atoms with Crippen molar-refractivity contribution in [3.05, 3.63) is 108 Å². The Balaban J connectivity index is 1.55. The van der Waals surface area contributed by atoms with Gasteiger partial charge in [0.15, 0.2) is 0 Å². The molecule has 0 saturated carbocycles. The minimum atomic E-state index is 0.306. The summed E-state index contributed by atoms with van der Waals surface area (Å²) in [5.41, 5.74) is 6.47. The number of nitrogens with zero attached hydrogens (tertiary/aromatic N) is 3. The normalized spacial score (nSPS) is 11.3. The van der Waals surface area contributed by atoms with Crippen LogP contribution in [-0.4, -0.2) is 19.6 Å². The Hall–Kier alpha value is -4.64. The molecule has 5 heteroatoms. The summed E-state index contributed by atoms with van der Waals surface area (Å²) in [5.74, 6) is 1.54. The zero-order valence-corrected chi connectivity index (χ0v) is 20.8. The highest BCUT2D eigenvalue weighted by Gasteiger charge is 2.19. The van der Waals surface area contributed by atoms with Crippen molar-refractivity contribution in [3.63, 3.8) is 0 Å². The van der Waals surface area contributed by atoms with E-state index < -0.39 is 0 Å². The lowest BCUT2D eigenvalue weighted by Crippen LogP contribution is -2.00. The van der Waals surface area contributed by atoms with E-state index in [0.717, 1.165) is 57.3 Å². The molecule has 0 fully saturated rings. The third kappa shape index (κ3) is 4.08. The highest BCUT2D eigenvalue weighted by molar-refractivity contribution is 6.08. The standard InChI is InChI=1S/C32H27N3O2/c1-3-21-18-22(4-2)31(36)29(19-21)35-28-13-6-5-12-25(28)26-15-16-27(34-32(26)35)23-10-9-11-24(20-23)37-30-14-7-8-17-33-30/h5-20,36H,3-4H2,1-2H3. The van der Waals surface area contributed by atoms with Gasteiger partial charge in [0, 0.05) is 28.6 Å². The zero-order valence-electron chi connectivity index (χ0n) is 20.8. The van der Waals surface area contributed by atoms with Gasteiger partial charge in [0.05, 0.1) is 16.9 Å². The molecule has 0 bridgehead atoms. The van der Waals surface area contributed by atoms with E-state index >= 15 is 0 Å². The van der Waals surface area contributed by atoms with Crippen molar-refractivity contribution >= 4 is 21.9 Å². The van der Waals surface area contributed by atoms with E-state index in [9.17, 15) is 5.11 Å². The summed E-state index contributed by atoms with van der Waals surface area (Å²) in [5, 5.41) is 13.4. The molecule has 0 unspecified atom stereocenters. The average molecular weight is 486 g/mol. The number of aromatic hydroxyl groups is 1. The SMILES string of the molecule is CCc1cc(CC)c(O)c(-n2c3ccccc3c3ccc(-c4cccc(Oc5ccccn5)c4)nc32)c1. The summed E-state index contributed by atoms with van der Waals surface area (Å²) in [6.07, 6.45) is 3.35. The van der Waals surface area contributed by atoms with Crippen LogP contribution in [0.1, 0.15) is 25.0 Å². The van der Waals surface area contributed by atoms with Gasteiger partial charge in [0.1, 0.15) is 17.1 Å². The average Bonchev–Trinajstić information content (AvgIpc) is 3.27. The van der Waals surface area contributed by atoms with Gasteiger partial charge in [-0.3, -0.25) is 4.57 Å². The fraction of sp³-hybridized carbons (Fsp3) is 0.125. The predicted octanol–water partition coefficient (Wildman–Crippen LogP) is 7.86. The van der Waals surface area contributed by atoms with Crippen LogP contribution in [0.25, 0.3) is 38.9 Å². The lowest BCUT2D eigenvalue weighted by atomic mass is 10.0. The Kier molecular flexibility index (Phi) is 5.81. The third-order valence-electron chi connectivity index (χ3n) is 6.77. The quantitative estimate of drug-likeness (QED) is 0.261. The zero-order chi connectivity index (χ0) is 25.4. The number of phenols is 1. The Bertz CT molecular complexity index is 1740. The molecule has 37 heavy (non-hydrogen) atoms. The maximum Gasteiger partial charge on any atom is 0.219 e. The fourth-order valence-corrected chi connectivity index (χ4v) is 4.88. The lowest BCUT2D eigenvalue weighted by molar-refractivity contribution is 0.463. The smallest absolute Gasteiger partial charge is 0.219 e. The largest absolute Gasteiger partial charge is 0.505 e. The molecule has 6 rings (SSSR count). The minimum absolute atomic E-state index is 0.306. The molecule has 3 aromatic carbocycles. The van der Waals surface area contributed by atoms with Crippen molar-refractivity contribution in [2.75, 3.05) is 0 Å². The molecule has 0 atom stereocenters. The molecule has 0 saturated heterocycles. The lowest BCUT2D eigenvalue weighted by Gasteiger charge is -2.15. The van der Waals surface area contributed by atoms with Gasteiger partial charge in [-0.1, -0.05) is 56.3 Å². The Morgan fingerprint density at radius 3 is 2.49 bits per heavy atom. The van der Waals surface area contributed by atoms with Crippen molar-refractivity contribution < 1.29 is 9.84 Å². The Morgan fingerprint density at radius 1 is 0.811 bits per heavy atom. The minimum Gasteiger partial charge on any atom is -0.505 e. The van der Waals surface area contributed by atoms with Crippen molar-refractivity contribution in [3.8, 4) is 34.3 Å². The van der Waals surface area contributed by atoms with Crippen molar-refractivity contribution in [1.82, 2.24) is 14.5 Å². The highest BCUT2D eigenvalue weighted by atomic mass is 16.5. The second-order valence-electron chi connectivity index (χ2n) is 9.05. The number of ether oxygens (including phenoxy) is 1. The molecule has 0 aliphatic heterocycles. The molecular formula is C32H27N3O2. The van der Waals surface area contributed by atoms with Crippen LogP contribution in [0, 0.1) is 0 Å². The van der Waals surface area contributed by atoms with E-state index in [1.54, 1.807) is 6.20 Å². The number of fused-ring (bicyclic) bond motifs is 3. The molecule has 3 aromatic heterocycles. The van der Waals surface area contributed by atoms with Crippen molar-refractivity contribution in [2.24, 2.45) is 0 Å². The van der Waals surface area contributed by atoms with Gasteiger partial charge in [0.2, 0.25) is 5.88 Å². The predicted molar refractivity (Wildman–Crippen MR) is 149 cm³/mol. The van der Waals surface area contributed by atoms with E-state index in [1.807, 2.05) is 60.7 Å². The first-order valence-corrected chi connectivity index (χ1v) is 12.6. The van der Waals surface area contributed by atoms with Crippen molar-refractivity contribution in [2.45, 2.75) is 26.7 Å². The fourth-order valence-electron chi connectivity index (χ4n) is 4.88. The molecular weight excluding hydrogens is 458 g/mol. The molecule has 1 N–H and O–H groups in total. The summed E-state index contributed by atoms with van der Waals surface area (Å²) < 4.78 is 8.05. The molecule has 0 aliphatic carbocycles. The van der Waals surface area contributed by atoms with Crippen LogP contribution < -0.4 is 4.74 Å². The number of para-hydroxylation sites is 1. The van der Waals surface area contributed by atoms with Crippen LogP contribution in [0.15, 0.2) is 97.2 Å². The number of pyridine rings is 2. The summed E-state index contributed by atoms with van der Waals surface area (Å²) in [4.78, 5) is 9.40. The summed E-state index contributed by atoms with van der Waals surface area (Å²) in [7, 11) is 0. The van der Waals surface area contributed by atoms with Crippen LogP contribution in [-0.2, 0) is 12.8 Å². The maximum atomic E-state index is 11.3. The Labute approximate surface area is 215 Å². The summed E-state index contributed by atoms with van der Waals surface area (Å²) in [6, 6.07) is 30.0. The molecule has 0 spiro atoms. The highest BCUT2D eigenvalue weighted by Crippen LogP contribution is 2.38. The van der Waals surface area contributed by atoms with Crippen LogP contribution in [0.5, 0.6) is 17.4 Å². The number of aryl methyl sites for hydroxylation is 2.